The van der Waals surface area contributed by atoms with Crippen molar-refractivity contribution in [1.29, 1.82) is 0 Å². The van der Waals surface area contributed by atoms with Crippen LogP contribution in [0.15, 0.2) is 40.8 Å². The van der Waals surface area contributed by atoms with Crippen LogP contribution >= 0.6 is 0 Å². The molecule has 5 heteroatoms. The van der Waals surface area contributed by atoms with Gasteiger partial charge in [0.2, 0.25) is 11.6 Å². The van der Waals surface area contributed by atoms with Crippen LogP contribution in [0.1, 0.15) is 43.2 Å². The standard InChI is InChI=1S/C23H21NO4/c1-12-9-17-18(10-13(12)2)23-20(22(26)21(17)25)14(3)19(28-23)11-24-15-5-7-16(27-4)8-6-15/h5-10,24H,11H2,1-4H3. The second-order valence-corrected chi connectivity index (χ2v) is 7.08. The Morgan fingerprint density at radius 2 is 1.57 bits per heavy atom. The highest BCUT2D eigenvalue weighted by molar-refractivity contribution is 6.53. The summed E-state index contributed by atoms with van der Waals surface area (Å²) in [5.41, 5.74) is 5.15. The lowest BCUT2D eigenvalue weighted by molar-refractivity contribution is 0.0814. The molecule has 0 amide bonds. The average molecular weight is 375 g/mol. The molecule has 0 aliphatic heterocycles. The van der Waals surface area contributed by atoms with E-state index in [0.29, 0.717) is 40.3 Å². The van der Waals surface area contributed by atoms with Gasteiger partial charge in [-0.25, -0.2) is 0 Å². The van der Waals surface area contributed by atoms with Crippen LogP contribution < -0.4 is 10.1 Å². The predicted molar refractivity (Wildman–Crippen MR) is 107 cm³/mol. The van der Waals surface area contributed by atoms with Crippen molar-refractivity contribution in [3.63, 3.8) is 0 Å². The highest BCUT2D eigenvalue weighted by Gasteiger charge is 2.36. The third-order valence-electron chi connectivity index (χ3n) is 5.35. The Morgan fingerprint density at radius 1 is 0.929 bits per heavy atom. The normalized spacial score (nSPS) is 12.6. The molecule has 2 aromatic carbocycles. The van der Waals surface area contributed by atoms with Crippen LogP contribution in [0.2, 0.25) is 0 Å². The van der Waals surface area contributed by atoms with Crippen LogP contribution in [-0.4, -0.2) is 18.7 Å². The Morgan fingerprint density at radius 3 is 2.21 bits per heavy atom. The van der Waals surface area contributed by atoms with E-state index in [1.807, 2.05) is 51.1 Å². The number of hydrogen-bond acceptors (Lipinski definition) is 5. The Hall–Kier alpha value is -3.34. The maximum absolute atomic E-state index is 12.7. The zero-order chi connectivity index (χ0) is 20.0. The van der Waals surface area contributed by atoms with Crippen molar-refractivity contribution in [2.75, 3.05) is 12.4 Å². The zero-order valence-corrected chi connectivity index (χ0v) is 16.3. The van der Waals surface area contributed by atoms with Gasteiger partial charge in [0, 0.05) is 22.4 Å². The van der Waals surface area contributed by atoms with Crippen molar-refractivity contribution in [3.8, 4) is 17.1 Å². The Balaban J connectivity index is 1.71. The number of ether oxygens (including phenoxy) is 1. The van der Waals surface area contributed by atoms with E-state index in [1.54, 1.807) is 13.2 Å². The number of Topliss-reactive ketones (excluding diaryl/α,β-unsaturated/α-hetero) is 2. The molecule has 0 radical (unpaired) electrons. The van der Waals surface area contributed by atoms with Gasteiger partial charge >= 0.3 is 0 Å². The van der Waals surface area contributed by atoms with Gasteiger partial charge in [0.1, 0.15) is 17.3 Å². The molecule has 1 aliphatic rings. The Bertz CT molecular complexity index is 1110. The summed E-state index contributed by atoms with van der Waals surface area (Å²) in [5.74, 6) is 0.952. The smallest absolute Gasteiger partial charge is 0.237 e. The summed E-state index contributed by atoms with van der Waals surface area (Å²) < 4.78 is 11.2. The SMILES string of the molecule is COc1ccc(NCc2oc3c(c2C)C(=O)C(=O)c2cc(C)c(C)cc2-3)cc1. The highest BCUT2D eigenvalue weighted by Crippen LogP contribution is 2.39. The average Bonchev–Trinajstić information content (AvgIpc) is 3.03. The van der Waals surface area contributed by atoms with E-state index < -0.39 is 11.6 Å². The molecule has 5 nitrogen and oxygen atoms in total. The van der Waals surface area contributed by atoms with Crippen LogP contribution in [0, 0.1) is 20.8 Å². The summed E-state index contributed by atoms with van der Waals surface area (Å²) in [6, 6.07) is 11.3. The highest BCUT2D eigenvalue weighted by atomic mass is 16.5. The molecule has 0 spiro atoms. The summed E-state index contributed by atoms with van der Waals surface area (Å²) in [6.07, 6.45) is 0. The topological polar surface area (TPSA) is 68.5 Å². The molecule has 0 atom stereocenters. The molecule has 4 rings (SSSR count). The van der Waals surface area contributed by atoms with E-state index in [-0.39, 0.29) is 0 Å². The molecule has 1 aromatic heterocycles. The van der Waals surface area contributed by atoms with Crippen molar-refractivity contribution in [3.05, 3.63) is 70.0 Å². The van der Waals surface area contributed by atoms with Crippen molar-refractivity contribution in [2.45, 2.75) is 27.3 Å². The molecule has 1 aliphatic carbocycles. The number of fused-ring (bicyclic) bond motifs is 3. The zero-order valence-electron chi connectivity index (χ0n) is 16.3. The van der Waals surface area contributed by atoms with Crippen molar-refractivity contribution >= 4 is 17.3 Å². The van der Waals surface area contributed by atoms with Gasteiger partial charge in [0.15, 0.2) is 0 Å². The van der Waals surface area contributed by atoms with Gasteiger partial charge in [-0.15, -0.1) is 0 Å². The summed E-state index contributed by atoms with van der Waals surface area (Å²) in [6.45, 7) is 6.15. The second kappa shape index (κ2) is 6.68. The summed E-state index contributed by atoms with van der Waals surface area (Å²) in [4.78, 5) is 25.3. The molecule has 28 heavy (non-hydrogen) atoms. The molecular formula is C23H21NO4. The molecule has 0 unspecified atom stereocenters. The molecule has 142 valence electrons. The van der Waals surface area contributed by atoms with Gasteiger partial charge in [-0.3, -0.25) is 9.59 Å². The quantitative estimate of drug-likeness (QED) is 0.659. The monoisotopic (exact) mass is 375 g/mol. The lowest BCUT2D eigenvalue weighted by atomic mass is 9.85. The fourth-order valence-corrected chi connectivity index (χ4v) is 3.51. The minimum absolute atomic E-state index is 0.382. The molecular weight excluding hydrogens is 354 g/mol. The second-order valence-electron chi connectivity index (χ2n) is 7.08. The third kappa shape index (κ3) is 2.80. The van der Waals surface area contributed by atoms with Crippen molar-refractivity contribution in [2.24, 2.45) is 0 Å². The molecule has 1 heterocycles. The maximum Gasteiger partial charge on any atom is 0.237 e. The van der Waals surface area contributed by atoms with Gasteiger partial charge in [-0.2, -0.15) is 0 Å². The maximum atomic E-state index is 12.7. The van der Waals surface area contributed by atoms with Crippen LogP contribution in [-0.2, 0) is 6.54 Å². The van der Waals surface area contributed by atoms with Crippen LogP contribution in [0.3, 0.4) is 0 Å². The third-order valence-corrected chi connectivity index (χ3v) is 5.35. The first-order valence-electron chi connectivity index (χ1n) is 9.11. The number of furan rings is 1. The molecule has 0 saturated heterocycles. The number of carbonyl (C=O) groups is 2. The number of ketones is 2. The number of aryl methyl sites for hydroxylation is 2. The van der Waals surface area contributed by atoms with Gasteiger partial charge in [-0.05, 0) is 68.3 Å². The van der Waals surface area contributed by atoms with Gasteiger partial charge in [-0.1, -0.05) is 0 Å². The first-order valence-corrected chi connectivity index (χ1v) is 9.11. The molecule has 0 fully saturated rings. The minimum atomic E-state index is -0.497. The van der Waals surface area contributed by atoms with Crippen molar-refractivity contribution < 1.29 is 18.7 Å². The Labute approximate surface area is 163 Å². The predicted octanol–water partition coefficient (Wildman–Crippen LogP) is 4.87. The number of benzene rings is 2. The van der Waals surface area contributed by atoms with E-state index in [9.17, 15) is 9.59 Å². The number of anilines is 1. The van der Waals surface area contributed by atoms with Crippen LogP contribution in [0.25, 0.3) is 11.3 Å². The van der Waals surface area contributed by atoms with E-state index in [0.717, 1.165) is 22.6 Å². The fourth-order valence-electron chi connectivity index (χ4n) is 3.51. The summed E-state index contributed by atoms with van der Waals surface area (Å²) in [7, 11) is 1.62. The number of rotatable bonds is 4. The summed E-state index contributed by atoms with van der Waals surface area (Å²) >= 11 is 0. The first kappa shape index (κ1) is 18.0. The summed E-state index contributed by atoms with van der Waals surface area (Å²) in [5, 5.41) is 3.29. The largest absolute Gasteiger partial charge is 0.497 e. The van der Waals surface area contributed by atoms with Crippen LogP contribution in [0.5, 0.6) is 5.75 Å². The molecule has 1 N–H and O–H groups in total. The first-order chi connectivity index (χ1) is 13.4. The lowest BCUT2D eigenvalue weighted by Crippen LogP contribution is -2.21. The molecule has 0 saturated carbocycles. The Kier molecular flexibility index (Phi) is 4.30. The number of methoxy groups -OCH3 is 1. The lowest BCUT2D eigenvalue weighted by Gasteiger charge is -2.15. The van der Waals surface area contributed by atoms with E-state index in [2.05, 4.69) is 5.32 Å². The fraction of sp³-hybridized carbons (Fsp3) is 0.217. The van der Waals surface area contributed by atoms with Gasteiger partial charge in [0.05, 0.1) is 19.2 Å². The minimum Gasteiger partial charge on any atom is -0.497 e. The van der Waals surface area contributed by atoms with Gasteiger partial charge in [0.25, 0.3) is 0 Å². The number of carbonyl (C=O) groups excluding carboxylic acids is 2. The number of nitrogens with one attached hydrogen (secondary N) is 1. The van der Waals surface area contributed by atoms with E-state index in [4.69, 9.17) is 9.15 Å². The van der Waals surface area contributed by atoms with Gasteiger partial charge < -0.3 is 14.5 Å². The van der Waals surface area contributed by atoms with E-state index >= 15 is 0 Å². The van der Waals surface area contributed by atoms with E-state index in [1.165, 1.54) is 0 Å². The number of hydrogen-bond donors (Lipinski definition) is 1. The molecule has 3 aromatic rings. The molecule has 0 bridgehead atoms. The van der Waals surface area contributed by atoms with Crippen molar-refractivity contribution in [1.82, 2.24) is 0 Å². The van der Waals surface area contributed by atoms with Crippen LogP contribution in [0.4, 0.5) is 5.69 Å².